The maximum absolute atomic E-state index is 13.0. The maximum atomic E-state index is 13.0. The summed E-state index contributed by atoms with van der Waals surface area (Å²) in [6.45, 7) is -7.20. The quantitative estimate of drug-likeness (QED) is 0.0266. The fourth-order valence-corrected chi connectivity index (χ4v) is 13.6. The average Bonchev–Trinajstić information content (AvgIpc) is 0.766. The van der Waals surface area contributed by atoms with Gasteiger partial charge >= 0.3 is 20.8 Å². The second kappa shape index (κ2) is 40.2. The molecule has 634 valence electrons. The van der Waals surface area contributed by atoms with Crippen molar-refractivity contribution in [1.29, 1.82) is 0 Å². The highest BCUT2D eigenvalue weighted by atomic mass is 32.3. The van der Waals surface area contributed by atoms with Gasteiger partial charge in [0.2, 0.25) is 23.6 Å². The molecule has 0 aromatic heterocycles. The van der Waals surface area contributed by atoms with Crippen LogP contribution in [0.25, 0.3) is 0 Å². The summed E-state index contributed by atoms with van der Waals surface area (Å²) >= 11 is 0. The van der Waals surface area contributed by atoms with Crippen LogP contribution in [0, 0.1) is 0 Å². The van der Waals surface area contributed by atoms with E-state index in [4.69, 9.17) is 66.3 Å². The Bertz CT molecular complexity index is 3130. The molecule has 7 fully saturated rings. The van der Waals surface area contributed by atoms with Gasteiger partial charge in [-0.2, -0.15) is 16.8 Å². The van der Waals surface area contributed by atoms with Crippen molar-refractivity contribution in [3.05, 3.63) is 0 Å². The number of rotatable bonds is 34. The molecular formula is C56H96N4O47S2. The first-order valence-electron chi connectivity index (χ1n) is 33.3. The molecule has 39 atom stereocenters. The molecule has 0 aromatic rings. The van der Waals surface area contributed by atoms with Gasteiger partial charge in [-0.15, -0.1) is 0 Å². The minimum atomic E-state index is -5.57. The smallest absolute Gasteiger partial charge is 0.394 e. The summed E-state index contributed by atoms with van der Waals surface area (Å²) in [5, 5.41) is 240. The number of carbonyl (C=O) groups is 4. The largest absolute Gasteiger partial charge is 0.397 e. The van der Waals surface area contributed by atoms with Crippen molar-refractivity contribution in [2.45, 2.75) is 267 Å². The Morgan fingerprint density at radius 2 is 0.642 bits per heavy atom. The topological polar surface area (TPSA) is 798 Å². The van der Waals surface area contributed by atoms with Gasteiger partial charge in [0.05, 0.1) is 65.5 Å². The molecule has 0 saturated carbocycles. The van der Waals surface area contributed by atoms with E-state index in [9.17, 15) is 152 Å². The lowest BCUT2D eigenvalue weighted by molar-refractivity contribution is -0.387. The highest BCUT2D eigenvalue weighted by Crippen LogP contribution is 2.39. The molecule has 7 rings (SSSR count). The molecule has 7 aliphatic heterocycles. The number of carbonyl (C=O) groups excluding carboxylic acids is 4. The predicted octanol–water partition coefficient (Wildman–Crippen LogP) is -18.6. The van der Waals surface area contributed by atoms with E-state index in [1.807, 2.05) is 0 Å². The van der Waals surface area contributed by atoms with Gasteiger partial charge in [-0.05, 0) is 0 Å². The maximum Gasteiger partial charge on any atom is 0.397 e. The van der Waals surface area contributed by atoms with Gasteiger partial charge in [-0.25, -0.2) is 8.37 Å². The zero-order valence-electron chi connectivity index (χ0n) is 57.8. The number of nitrogens with one attached hydrogen (secondary N) is 4. The van der Waals surface area contributed by atoms with E-state index in [0.717, 1.165) is 27.7 Å². The minimum Gasteiger partial charge on any atom is -0.394 e. The lowest BCUT2D eigenvalue weighted by atomic mass is 9.93. The van der Waals surface area contributed by atoms with Crippen LogP contribution in [-0.4, -0.2) is 455 Å². The molecule has 53 heteroatoms. The number of ether oxygens (including phenoxy) is 14. The van der Waals surface area contributed by atoms with Gasteiger partial charge in [0.25, 0.3) is 0 Å². The minimum absolute atomic E-state index is 0.819. The predicted molar refractivity (Wildman–Crippen MR) is 334 cm³/mol. The van der Waals surface area contributed by atoms with Crippen LogP contribution in [0.4, 0.5) is 0 Å². The molecule has 4 amide bonds. The Labute approximate surface area is 617 Å². The third-order valence-electron chi connectivity index (χ3n) is 18.3. The van der Waals surface area contributed by atoms with E-state index in [1.165, 1.54) is 0 Å². The summed E-state index contributed by atoms with van der Waals surface area (Å²) < 4.78 is 158. The second-order valence-corrected chi connectivity index (χ2v) is 28.3. The molecule has 7 aliphatic rings. The van der Waals surface area contributed by atoms with Crippen molar-refractivity contribution >= 4 is 44.4 Å². The molecule has 7 heterocycles. The summed E-state index contributed by atoms with van der Waals surface area (Å²) in [4.78, 5) is 50.7. The van der Waals surface area contributed by atoms with Crippen molar-refractivity contribution in [1.82, 2.24) is 21.3 Å². The molecule has 0 unspecified atom stereocenters. The molecule has 51 nitrogen and oxygen atoms in total. The highest BCUT2D eigenvalue weighted by molar-refractivity contribution is 7.81. The number of amides is 4. The van der Waals surface area contributed by atoms with Crippen LogP contribution < -0.4 is 21.3 Å². The monoisotopic (exact) mass is 1640 g/mol. The van der Waals surface area contributed by atoms with E-state index in [-0.39, 0.29) is 0 Å². The van der Waals surface area contributed by atoms with E-state index in [0.29, 0.717) is 0 Å². The molecule has 0 spiro atoms. The van der Waals surface area contributed by atoms with E-state index < -0.39 is 343 Å². The van der Waals surface area contributed by atoms with Gasteiger partial charge in [0.15, 0.2) is 44.0 Å². The van der Waals surface area contributed by atoms with E-state index in [2.05, 4.69) is 29.6 Å². The third kappa shape index (κ3) is 22.9. The van der Waals surface area contributed by atoms with Gasteiger partial charge in [-0.1, -0.05) is 0 Å². The summed E-state index contributed by atoms with van der Waals surface area (Å²) in [5.41, 5.74) is 0. The van der Waals surface area contributed by atoms with Crippen molar-refractivity contribution in [2.75, 3.05) is 59.5 Å². The van der Waals surface area contributed by atoms with Crippen LogP contribution in [0.15, 0.2) is 0 Å². The number of hydrogen-bond donors (Lipinski definition) is 27. The van der Waals surface area contributed by atoms with Crippen LogP contribution in [0.2, 0.25) is 0 Å². The lowest BCUT2D eigenvalue weighted by Crippen LogP contribution is -2.71. The standard InChI is InChI=1S/C56H96N4O47S2/c1-14(68)57-18(5-61)43(30(73)19(72)6-62)101-54-40(83)47(32(75)21(8-64)95-54)105-50-27(58-15(2)69)35(78)44(24(11-67)98-50)102-55-41(84)48(33(76)22(9-65)96-55)106-52-29(60-17(4)71)37(80)46(26(100-52)13-93-109(89,90)91)104-56-42(85)49(34(77)23(10-66)97-56)107-51-28(59-16(3)70)36(79)45(25(99-51)12-92-108(86,87)88)103-53-39(82)38(81)31(74)20(7-63)94-53/h18-56,61-67,72-85H,5-13H2,1-4H3,(H,57,68)(H,58,69)(H,59,70)(H,60,71)(H,86,87,88)(H,89,90,91)/t18-,19+,20+,21+,22+,23+,24+,25+,26+,27+,28+,29+,30-,31-,32-,33-,34-,35+,36+,37+,38-,39+,40+,41+,42+,43+,44+,45+,46+,47-,48-,49-,50-,51-,52-,53-,54-,55-,56-/m0/s1. The molecule has 0 bridgehead atoms. The number of hydrogen-bond acceptors (Lipinski definition) is 45. The fraction of sp³-hybridized carbons (Fsp3) is 0.929. The van der Waals surface area contributed by atoms with Crippen molar-refractivity contribution in [2.24, 2.45) is 0 Å². The first kappa shape index (κ1) is 92.4. The van der Waals surface area contributed by atoms with Crippen molar-refractivity contribution in [3.8, 4) is 0 Å². The Morgan fingerprint density at radius 3 is 0.954 bits per heavy atom. The summed E-state index contributed by atoms with van der Waals surface area (Å²) in [6, 6.07) is -7.79. The second-order valence-electron chi connectivity index (χ2n) is 26.1. The van der Waals surface area contributed by atoms with Crippen LogP contribution in [-0.2, 0) is 115 Å². The third-order valence-corrected chi connectivity index (χ3v) is 19.2. The van der Waals surface area contributed by atoms with Gasteiger partial charge < -0.3 is 195 Å². The Balaban J connectivity index is 1.15. The Hall–Kier alpha value is -3.78. The van der Waals surface area contributed by atoms with Crippen molar-refractivity contribution in [3.63, 3.8) is 0 Å². The highest BCUT2D eigenvalue weighted by Gasteiger charge is 2.60. The molecule has 0 aliphatic carbocycles. The van der Waals surface area contributed by atoms with Gasteiger partial charge in [0, 0.05) is 27.7 Å². The van der Waals surface area contributed by atoms with Crippen LogP contribution in [0.5, 0.6) is 0 Å². The van der Waals surface area contributed by atoms with Crippen LogP contribution >= 0.6 is 0 Å². The SMILES string of the molecule is CC(=O)N[C@H]1[C@H](O[C@H]2[C@@H](O)[C@@H](CO)O[C@@H](O[C@H]3[C@H](O)[C@@H](NC(C)=O)[C@H](O[C@H]4[C@@H](O)[C@@H](CO)O[C@@H](O[C@H]5[C@H](O)[C@@H](NC(C)=O)[C@H](O[C@H]6[C@@H](O)[C@@H](CO)O[C@@H](O[C@@H]([C@@H](O)[C@H](O)CO)[C@H](CO)NC(C)=O)[C@@H]6O)O[C@@H]5CO)[C@@H]4O)O[C@@H]3COS(=O)(=O)O)[C@@H]2O)O[C@H](COS(=O)(=O)O)[C@@H](O[C@@H]2O[C@H](CO)[C@H](O)[C@H](O)[C@H]2O)[C@@H]1O. The first-order valence-corrected chi connectivity index (χ1v) is 36.1. The molecular weight excluding hydrogens is 1540 g/mol. The van der Waals surface area contributed by atoms with Crippen molar-refractivity contribution < 1.29 is 227 Å². The van der Waals surface area contributed by atoms with Crippen LogP contribution in [0.1, 0.15) is 27.7 Å². The van der Waals surface area contributed by atoms with E-state index in [1.54, 1.807) is 0 Å². The molecule has 7 saturated heterocycles. The lowest BCUT2D eigenvalue weighted by Gasteiger charge is -2.51. The van der Waals surface area contributed by atoms with Gasteiger partial charge in [0.1, 0.15) is 189 Å². The molecule has 27 N–H and O–H groups in total. The summed E-state index contributed by atoms with van der Waals surface area (Å²) in [7, 11) is -11.0. The molecule has 0 radical (unpaired) electrons. The number of aliphatic hydroxyl groups excluding tert-OH is 21. The van der Waals surface area contributed by atoms with E-state index >= 15 is 0 Å². The molecule has 0 aromatic carbocycles. The Kier molecular flexibility index (Phi) is 34.1. The number of aliphatic hydroxyl groups is 21. The van der Waals surface area contributed by atoms with Gasteiger partial charge in [-0.3, -0.25) is 28.3 Å². The first-order chi connectivity index (χ1) is 51.1. The normalized spacial score (nSPS) is 42.9. The Morgan fingerprint density at radius 1 is 0.349 bits per heavy atom. The zero-order valence-corrected chi connectivity index (χ0v) is 59.4. The van der Waals surface area contributed by atoms with Crippen LogP contribution in [0.3, 0.4) is 0 Å². The molecule has 109 heavy (non-hydrogen) atoms. The zero-order chi connectivity index (χ0) is 81.3. The average molecular weight is 1640 g/mol. The fourth-order valence-electron chi connectivity index (χ4n) is 13.0. The summed E-state index contributed by atoms with van der Waals surface area (Å²) in [5.74, 6) is -3.90. The summed E-state index contributed by atoms with van der Waals surface area (Å²) in [6.07, 6.45) is -76.7.